The number of piperidine rings is 1. The molecule has 1 aromatic rings. The quantitative estimate of drug-likeness (QED) is 0.495. The summed E-state index contributed by atoms with van der Waals surface area (Å²) in [5.74, 6) is 0.0300. The zero-order chi connectivity index (χ0) is 14.5. The van der Waals surface area contributed by atoms with Crippen molar-refractivity contribution in [1.82, 2.24) is 4.90 Å². The minimum atomic E-state index is -0.501. The van der Waals surface area contributed by atoms with Crippen LogP contribution in [0.2, 0.25) is 0 Å². The fourth-order valence-corrected chi connectivity index (χ4v) is 2.25. The topological polar surface area (TPSA) is 101 Å². The minimum absolute atomic E-state index is 0.0300. The van der Waals surface area contributed by atoms with Crippen molar-refractivity contribution >= 4 is 23.0 Å². The van der Waals surface area contributed by atoms with Crippen molar-refractivity contribution < 1.29 is 9.72 Å². The smallest absolute Gasteiger partial charge is 0.271 e. The van der Waals surface area contributed by atoms with Gasteiger partial charge in [-0.15, -0.1) is 0 Å². The SMILES string of the molecule is Nc1cc([N+](=O)[O-])ccc1NCC(=O)N1CCCCC1. The maximum atomic E-state index is 12.0. The molecule has 0 aromatic heterocycles. The van der Waals surface area contributed by atoms with Gasteiger partial charge in [0.25, 0.3) is 5.69 Å². The molecule has 0 unspecified atom stereocenters. The average Bonchev–Trinajstić information content (AvgIpc) is 2.46. The lowest BCUT2D eigenvalue weighted by molar-refractivity contribution is -0.384. The van der Waals surface area contributed by atoms with Gasteiger partial charge >= 0.3 is 0 Å². The summed E-state index contributed by atoms with van der Waals surface area (Å²) in [5.41, 5.74) is 6.48. The number of carbonyl (C=O) groups excluding carboxylic acids is 1. The van der Waals surface area contributed by atoms with Crippen LogP contribution in [0.1, 0.15) is 19.3 Å². The van der Waals surface area contributed by atoms with E-state index in [2.05, 4.69) is 5.32 Å². The molecule has 1 amide bonds. The number of nitro groups is 1. The number of hydrogen-bond donors (Lipinski definition) is 2. The molecule has 1 fully saturated rings. The van der Waals surface area contributed by atoms with E-state index in [-0.39, 0.29) is 23.8 Å². The Morgan fingerprint density at radius 1 is 1.35 bits per heavy atom. The van der Waals surface area contributed by atoms with E-state index in [1.54, 1.807) is 0 Å². The molecule has 1 saturated heterocycles. The first-order valence-electron chi connectivity index (χ1n) is 6.63. The third-order valence-electron chi connectivity index (χ3n) is 3.38. The largest absolute Gasteiger partial charge is 0.397 e. The van der Waals surface area contributed by atoms with E-state index in [1.165, 1.54) is 24.6 Å². The lowest BCUT2D eigenvalue weighted by atomic mass is 10.1. The van der Waals surface area contributed by atoms with E-state index in [9.17, 15) is 14.9 Å². The van der Waals surface area contributed by atoms with Gasteiger partial charge < -0.3 is 16.0 Å². The molecule has 0 aliphatic carbocycles. The van der Waals surface area contributed by atoms with Crippen molar-refractivity contribution in [2.45, 2.75) is 19.3 Å². The van der Waals surface area contributed by atoms with E-state index < -0.39 is 4.92 Å². The number of anilines is 2. The molecule has 1 aliphatic heterocycles. The van der Waals surface area contributed by atoms with Crippen LogP contribution in [0.3, 0.4) is 0 Å². The molecule has 1 heterocycles. The molecule has 1 aromatic carbocycles. The van der Waals surface area contributed by atoms with Gasteiger partial charge in [0.05, 0.1) is 22.8 Å². The fraction of sp³-hybridized carbons (Fsp3) is 0.462. The van der Waals surface area contributed by atoms with Gasteiger partial charge in [0, 0.05) is 25.2 Å². The number of carbonyl (C=O) groups is 1. The number of nitrogens with one attached hydrogen (secondary N) is 1. The lowest BCUT2D eigenvalue weighted by Crippen LogP contribution is -2.39. The van der Waals surface area contributed by atoms with Gasteiger partial charge in [0.1, 0.15) is 0 Å². The highest BCUT2D eigenvalue weighted by Crippen LogP contribution is 2.23. The number of rotatable bonds is 4. The maximum absolute atomic E-state index is 12.0. The molecule has 0 atom stereocenters. The van der Waals surface area contributed by atoms with Crippen molar-refractivity contribution in [3.05, 3.63) is 28.3 Å². The molecular weight excluding hydrogens is 260 g/mol. The van der Waals surface area contributed by atoms with Gasteiger partial charge in [-0.25, -0.2) is 0 Å². The third-order valence-corrected chi connectivity index (χ3v) is 3.38. The predicted octanol–water partition coefficient (Wildman–Crippen LogP) is 1.60. The summed E-state index contributed by atoms with van der Waals surface area (Å²) in [6.07, 6.45) is 3.27. The number of benzene rings is 1. The van der Waals surface area contributed by atoms with Crippen molar-refractivity contribution in [2.75, 3.05) is 30.7 Å². The molecular formula is C13H18N4O3. The van der Waals surface area contributed by atoms with Crippen molar-refractivity contribution in [3.63, 3.8) is 0 Å². The molecule has 108 valence electrons. The second kappa shape index (κ2) is 6.23. The highest BCUT2D eigenvalue weighted by Gasteiger charge is 2.16. The number of non-ortho nitro benzene ring substituents is 1. The van der Waals surface area contributed by atoms with Gasteiger partial charge in [-0.05, 0) is 25.3 Å². The Morgan fingerprint density at radius 2 is 2.05 bits per heavy atom. The van der Waals surface area contributed by atoms with E-state index >= 15 is 0 Å². The molecule has 0 saturated carbocycles. The predicted molar refractivity (Wildman–Crippen MR) is 76.4 cm³/mol. The number of nitrogen functional groups attached to an aromatic ring is 1. The standard InChI is InChI=1S/C13H18N4O3/c14-11-8-10(17(19)20)4-5-12(11)15-9-13(18)16-6-2-1-3-7-16/h4-5,8,15H,1-3,6-7,9,14H2. The Balaban J connectivity index is 1.93. The monoisotopic (exact) mass is 278 g/mol. The van der Waals surface area contributed by atoms with E-state index in [0.717, 1.165) is 25.9 Å². The van der Waals surface area contributed by atoms with Gasteiger partial charge in [0.15, 0.2) is 0 Å². The van der Waals surface area contributed by atoms with Crippen molar-refractivity contribution in [3.8, 4) is 0 Å². The van der Waals surface area contributed by atoms with Gasteiger partial charge in [-0.2, -0.15) is 0 Å². The Labute approximate surface area is 116 Å². The van der Waals surface area contributed by atoms with Gasteiger partial charge in [-0.3, -0.25) is 14.9 Å². The molecule has 7 heteroatoms. The Hall–Kier alpha value is -2.31. The zero-order valence-electron chi connectivity index (χ0n) is 11.2. The van der Waals surface area contributed by atoms with Crippen molar-refractivity contribution in [1.29, 1.82) is 0 Å². The van der Waals surface area contributed by atoms with E-state index in [1.807, 2.05) is 4.90 Å². The molecule has 7 nitrogen and oxygen atoms in total. The number of nitrogens with zero attached hydrogens (tertiary/aromatic N) is 2. The summed E-state index contributed by atoms with van der Waals surface area (Å²) in [7, 11) is 0. The maximum Gasteiger partial charge on any atom is 0.271 e. The van der Waals surface area contributed by atoms with E-state index in [4.69, 9.17) is 5.73 Å². The number of amides is 1. The van der Waals surface area contributed by atoms with Gasteiger partial charge in [0.2, 0.25) is 5.91 Å². The third kappa shape index (κ3) is 3.37. The molecule has 0 spiro atoms. The van der Waals surface area contributed by atoms with Crippen LogP contribution in [0, 0.1) is 10.1 Å². The van der Waals surface area contributed by atoms with Gasteiger partial charge in [-0.1, -0.05) is 0 Å². The van der Waals surface area contributed by atoms with Crippen LogP contribution in [0.15, 0.2) is 18.2 Å². The number of hydrogen-bond acceptors (Lipinski definition) is 5. The summed E-state index contributed by atoms with van der Waals surface area (Å²) in [5, 5.41) is 13.5. The van der Waals surface area contributed by atoms with E-state index in [0.29, 0.717) is 5.69 Å². The van der Waals surface area contributed by atoms with Crippen LogP contribution in [0.4, 0.5) is 17.1 Å². The molecule has 2 rings (SSSR count). The summed E-state index contributed by atoms with van der Waals surface area (Å²) >= 11 is 0. The highest BCUT2D eigenvalue weighted by atomic mass is 16.6. The molecule has 3 N–H and O–H groups in total. The Morgan fingerprint density at radius 3 is 2.65 bits per heavy atom. The summed E-state index contributed by atoms with van der Waals surface area (Å²) in [6.45, 7) is 1.76. The highest BCUT2D eigenvalue weighted by molar-refractivity contribution is 5.82. The zero-order valence-corrected chi connectivity index (χ0v) is 11.2. The van der Waals surface area contributed by atoms with Crippen LogP contribution in [-0.4, -0.2) is 35.4 Å². The minimum Gasteiger partial charge on any atom is -0.397 e. The number of nitrogens with two attached hydrogens (primary N) is 1. The Bertz CT molecular complexity index is 512. The average molecular weight is 278 g/mol. The molecule has 1 aliphatic rings. The first kappa shape index (κ1) is 14.1. The molecule has 20 heavy (non-hydrogen) atoms. The number of nitro benzene ring substituents is 1. The van der Waals surface area contributed by atoms with Crippen LogP contribution in [-0.2, 0) is 4.79 Å². The summed E-state index contributed by atoms with van der Waals surface area (Å²) < 4.78 is 0. The van der Waals surface area contributed by atoms with Crippen LogP contribution in [0.5, 0.6) is 0 Å². The molecule has 0 radical (unpaired) electrons. The Kier molecular flexibility index (Phi) is 4.39. The first-order valence-corrected chi connectivity index (χ1v) is 6.63. The van der Waals surface area contributed by atoms with Crippen molar-refractivity contribution in [2.24, 2.45) is 0 Å². The summed E-state index contributed by atoms with van der Waals surface area (Å²) in [6, 6.07) is 4.18. The normalized spacial score (nSPS) is 14.9. The molecule has 0 bridgehead atoms. The first-order chi connectivity index (χ1) is 9.58. The van der Waals surface area contributed by atoms with Crippen LogP contribution >= 0.6 is 0 Å². The lowest BCUT2D eigenvalue weighted by Gasteiger charge is -2.27. The summed E-state index contributed by atoms with van der Waals surface area (Å²) in [4.78, 5) is 23.9. The van der Waals surface area contributed by atoms with Crippen LogP contribution < -0.4 is 11.1 Å². The fourth-order valence-electron chi connectivity index (χ4n) is 2.25. The second-order valence-corrected chi connectivity index (χ2v) is 4.82. The number of likely N-dealkylation sites (tertiary alicyclic amines) is 1. The van der Waals surface area contributed by atoms with Crippen LogP contribution in [0.25, 0.3) is 0 Å². The second-order valence-electron chi connectivity index (χ2n) is 4.82.